The van der Waals surface area contributed by atoms with Crippen LogP contribution in [0.25, 0.3) is 10.9 Å². The summed E-state index contributed by atoms with van der Waals surface area (Å²) < 4.78 is 9.84. The average molecular weight is 453 g/mol. The van der Waals surface area contributed by atoms with E-state index in [9.17, 15) is 0 Å². The minimum absolute atomic E-state index is 0.529. The molecule has 0 saturated heterocycles. The van der Waals surface area contributed by atoms with Gasteiger partial charge in [-0.3, -0.25) is 0 Å². The molecule has 0 radical (unpaired) electrons. The number of aromatic nitrogens is 2. The van der Waals surface area contributed by atoms with Crippen molar-refractivity contribution in [2.24, 2.45) is 0 Å². The topological polar surface area (TPSA) is 27.1 Å². The summed E-state index contributed by atoms with van der Waals surface area (Å²) in [6.07, 6.45) is 2.04. The van der Waals surface area contributed by atoms with E-state index in [1.807, 2.05) is 10.9 Å². The molecule has 0 bridgehead atoms. The van der Waals surface area contributed by atoms with Crippen LogP contribution < -0.4 is 0 Å². The SMILES string of the molecule is C[Si](C)(C)CCOCn1cc2c(Br)ccc(I)c2n1. The first-order valence-electron chi connectivity index (χ1n) is 6.26. The summed E-state index contributed by atoms with van der Waals surface area (Å²) >= 11 is 5.87. The van der Waals surface area contributed by atoms with Gasteiger partial charge in [0.15, 0.2) is 0 Å². The van der Waals surface area contributed by atoms with Crippen molar-refractivity contribution in [2.45, 2.75) is 32.4 Å². The van der Waals surface area contributed by atoms with E-state index in [1.54, 1.807) is 0 Å². The van der Waals surface area contributed by atoms with Crippen LogP contribution in [0.5, 0.6) is 0 Å². The van der Waals surface area contributed by atoms with Gasteiger partial charge in [-0.15, -0.1) is 0 Å². The maximum atomic E-state index is 5.72. The second-order valence-corrected chi connectivity index (χ2v) is 13.4. The summed E-state index contributed by atoms with van der Waals surface area (Å²) in [5.74, 6) is 0. The average Bonchev–Trinajstić information content (AvgIpc) is 2.74. The van der Waals surface area contributed by atoms with E-state index in [1.165, 1.54) is 6.04 Å². The second-order valence-electron chi connectivity index (χ2n) is 5.81. The molecule has 2 rings (SSSR count). The van der Waals surface area contributed by atoms with Crippen molar-refractivity contribution in [1.29, 1.82) is 0 Å². The molecule has 2 aromatic rings. The number of fused-ring (bicyclic) bond motifs is 1. The van der Waals surface area contributed by atoms with E-state index < -0.39 is 8.07 Å². The fourth-order valence-corrected chi connectivity index (χ4v) is 3.45. The smallest absolute Gasteiger partial charge is 0.139 e. The predicted molar refractivity (Wildman–Crippen MR) is 94.3 cm³/mol. The molecule has 0 unspecified atom stereocenters. The Balaban J connectivity index is 2.02. The number of nitrogens with zero attached hydrogens (tertiary/aromatic N) is 2. The molecule has 19 heavy (non-hydrogen) atoms. The van der Waals surface area contributed by atoms with Crippen LogP contribution >= 0.6 is 38.5 Å². The van der Waals surface area contributed by atoms with Gasteiger partial charge >= 0.3 is 0 Å². The lowest BCUT2D eigenvalue weighted by Gasteiger charge is -2.15. The molecule has 1 aromatic carbocycles. The first-order valence-corrected chi connectivity index (χ1v) is 11.8. The number of rotatable bonds is 5. The summed E-state index contributed by atoms with van der Waals surface area (Å²) in [4.78, 5) is 0. The van der Waals surface area contributed by atoms with Gasteiger partial charge in [0.1, 0.15) is 12.2 Å². The van der Waals surface area contributed by atoms with Crippen LogP contribution in [0, 0.1) is 3.57 Å². The van der Waals surface area contributed by atoms with Crippen molar-refractivity contribution in [3.8, 4) is 0 Å². The van der Waals surface area contributed by atoms with E-state index in [2.05, 4.69) is 75.4 Å². The molecule has 0 amide bonds. The van der Waals surface area contributed by atoms with E-state index in [0.29, 0.717) is 6.73 Å². The molecule has 0 spiro atoms. The molecular formula is C13H18BrIN2OSi. The van der Waals surface area contributed by atoms with Gasteiger partial charge in [0.05, 0.1) is 0 Å². The van der Waals surface area contributed by atoms with Gasteiger partial charge in [0.25, 0.3) is 0 Å². The summed E-state index contributed by atoms with van der Waals surface area (Å²) in [5, 5.41) is 5.71. The van der Waals surface area contributed by atoms with Crippen molar-refractivity contribution < 1.29 is 4.74 Å². The Morgan fingerprint density at radius 2 is 2.11 bits per heavy atom. The molecule has 0 aliphatic carbocycles. The van der Waals surface area contributed by atoms with Gasteiger partial charge in [-0.1, -0.05) is 35.6 Å². The minimum atomic E-state index is -1.01. The second kappa shape index (κ2) is 6.24. The maximum Gasteiger partial charge on any atom is 0.139 e. The van der Waals surface area contributed by atoms with E-state index in [4.69, 9.17) is 4.74 Å². The highest BCUT2D eigenvalue weighted by Gasteiger charge is 2.12. The standard InChI is InChI=1S/C13H18BrIN2OSi/c1-19(2,3)7-6-18-9-17-8-10-11(14)4-5-12(15)13(10)16-17/h4-5,8H,6-7,9H2,1-3H3. The third-order valence-corrected chi connectivity index (χ3v) is 6.11. The van der Waals surface area contributed by atoms with Gasteiger partial charge in [-0.05, 0) is 40.8 Å². The number of hydrogen-bond acceptors (Lipinski definition) is 2. The third-order valence-electron chi connectivity index (χ3n) is 2.84. The molecule has 104 valence electrons. The van der Waals surface area contributed by atoms with E-state index in [0.717, 1.165) is 25.6 Å². The highest BCUT2D eigenvalue weighted by atomic mass is 127. The van der Waals surface area contributed by atoms with Gasteiger partial charge < -0.3 is 4.74 Å². The molecule has 0 atom stereocenters. The maximum absolute atomic E-state index is 5.72. The summed E-state index contributed by atoms with van der Waals surface area (Å²) in [6.45, 7) is 8.43. The zero-order valence-corrected chi connectivity index (χ0v) is 16.2. The molecule has 0 fully saturated rings. The van der Waals surface area contributed by atoms with Crippen LogP contribution in [0.3, 0.4) is 0 Å². The van der Waals surface area contributed by atoms with Crippen LogP contribution in [-0.2, 0) is 11.5 Å². The van der Waals surface area contributed by atoms with E-state index in [-0.39, 0.29) is 0 Å². The summed E-state index contributed by atoms with van der Waals surface area (Å²) in [7, 11) is -1.01. The van der Waals surface area contributed by atoms with Gasteiger partial charge in [-0.2, -0.15) is 5.10 Å². The molecule has 1 heterocycles. The monoisotopic (exact) mass is 452 g/mol. The Morgan fingerprint density at radius 3 is 2.74 bits per heavy atom. The fourth-order valence-electron chi connectivity index (χ4n) is 1.69. The number of halogens is 2. The molecule has 0 aliphatic rings. The summed E-state index contributed by atoms with van der Waals surface area (Å²) in [5.41, 5.74) is 1.03. The van der Waals surface area contributed by atoms with Crippen LogP contribution in [0.1, 0.15) is 0 Å². The zero-order valence-electron chi connectivity index (χ0n) is 11.4. The Bertz CT molecular complexity index is 541. The Hall–Kier alpha value is 0.0769. The van der Waals surface area contributed by atoms with Crippen LogP contribution in [0.2, 0.25) is 25.7 Å². The largest absolute Gasteiger partial charge is 0.360 e. The van der Waals surface area contributed by atoms with Crippen LogP contribution in [0.4, 0.5) is 0 Å². The lowest BCUT2D eigenvalue weighted by atomic mass is 10.3. The Morgan fingerprint density at radius 1 is 1.37 bits per heavy atom. The van der Waals surface area contributed by atoms with Gasteiger partial charge in [0, 0.05) is 34.3 Å². The first kappa shape index (κ1) is 15.5. The molecule has 1 aromatic heterocycles. The lowest BCUT2D eigenvalue weighted by Crippen LogP contribution is -2.22. The van der Waals surface area contributed by atoms with Crippen molar-refractivity contribution in [3.05, 3.63) is 26.4 Å². The third kappa shape index (κ3) is 4.27. The molecular weight excluding hydrogens is 435 g/mol. The van der Waals surface area contributed by atoms with Crippen molar-refractivity contribution in [3.63, 3.8) is 0 Å². The van der Waals surface area contributed by atoms with Gasteiger partial charge in [0.2, 0.25) is 0 Å². The Kier molecular flexibility index (Phi) is 5.08. The highest BCUT2D eigenvalue weighted by Crippen LogP contribution is 2.26. The molecule has 6 heteroatoms. The zero-order chi connectivity index (χ0) is 14.0. The summed E-state index contributed by atoms with van der Waals surface area (Å²) in [6, 6.07) is 5.31. The van der Waals surface area contributed by atoms with E-state index >= 15 is 0 Å². The van der Waals surface area contributed by atoms with Crippen LogP contribution in [-0.4, -0.2) is 24.5 Å². The molecule has 0 saturated carbocycles. The lowest BCUT2D eigenvalue weighted by molar-refractivity contribution is 0.0791. The Labute approximate surface area is 137 Å². The highest BCUT2D eigenvalue weighted by molar-refractivity contribution is 14.1. The molecule has 0 aliphatic heterocycles. The normalized spacial score (nSPS) is 12.3. The number of benzene rings is 1. The first-order chi connectivity index (χ1) is 8.87. The van der Waals surface area contributed by atoms with Gasteiger partial charge in [-0.25, -0.2) is 4.68 Å². The number of ether oxygens (including phenoxy) is 1. The number of hydrogen-bond donors (Lipinski definition) is 0. The minimum Gasteiger partial charge on any atom is -0.360 e. The van der Waals surface area contributed by atoms with Crippen molar-refractivity contribution in [2.75, 3.05) is 6.61 Å². The van der Waals surface area contributed by atoms with Crippen LogP contribution in [0.15, 0.2) is 22.8 Å². The molecule has 3 nitrogen and oxygen atoms in total. The fraction of sp³-hybridized carbons (Fsp3) is 0.462. The predicted octanol–water partition coefficient (Wildman–Crippen LogP) is 4.72. The quantitative estimate of drug-likeness (QED) is 0.373. The van der Waals surface area contributed by atoms with Crippen molar-refractivity contribution in [1.82, 2.24) is 9.78 Å². The van der Waals surface area contributed by atoms with Crippen molar-refractivity contribution >= 4 is 57.5 Å². The molecule has 0 N–H and O–H groups in total.